The van der Waals surface area contributed by atoms with E-state index in [4.69, 9.17) is 4.42 Å². The highest BCUT2D eigenvalue weighted by Gasteiger charge is 2.17. The summed E-state index contributed by atoms with van der Waals surface area (Å²) in [6, 6.07) is 9.76. The Morgan fingerprint density at radius 3 is 3.00 bits per heavy atom. The summed E-state index contributed by atoms with van der Waals surface area (Å²) in [5, 5.41) is 11.9. The Morgan fingerprint density at radius 1 is 1.22 bits per heavy atom. The summed E-state index contributed by atoms with van der Waals surface area (Å²) in [6.45, 7) is 1.92. The van der Waals surface area contributed by atoms with Crippen LogP contribution in [0.4, 0.5) is 0 Å². The minimum Gasteiger partial charge on any atom is -0.464 e. The van der Waals surface area contributed by atoms with Crippen LogP contribution in [-0.2, 0) is 6.42 Å². The van der Waals surface area contributed by atoms with Crippen molar-refractivity contribution in [2.45, 2.75) is 13.3 Å². The van der Waals surface area contributed by atoms with E-state index in [1.165, 1.54) is 11.3 Å². The SMILES string of the molecule is Cc1csc(CC(=O)c2cc(-c3ccc4occc4c3)cn3cnnc23)n1. The Labute approximate surface area is 158 Å². The third kappa shape index (κ3) is 2.82. The molecule has 0 radical (unpaired) electrons. The van der Waals surface area contributed by atoms with Crippen molar-refractivity contribution in [3.05, 3.63) is 70.8 Å². The van der Waals surface area contributed by atoms with Crippen LogP contribution in [0.25, 0.3) is 27.7 Å². The zero-order valence-electron chi connectivity index (χ0n) is 14.4. The number of fused-ring (bicyclic) bond motifs is 2. The molecule has 132 valence electrons. The van der Waals surface area contributed by atoms with E-state index in [-0.39, 0.29) is 12.2 Å². The molecule has 7 heteroatoms. The molecule has 0 spiro atoms. The van der Waals surface area contributed by atoms with Gasteiger partial charge in [-0.25, -0.2) is 4.98 Å². The molecule has 0 fully saturated rings. The van der Waals surface area contributed by atoms with Gasteiger partial charge in [0.05, 0.1) is 18.2 Å². The van der Waals surface area contributed by atoms with Crippen molar-refractivity contribution in [1.82, 2.24) is 19.6 Å². The van der Waals surface area contributed by atoms with Gasteiger partial charge in [-0.05, 0) is 42.3 Å². The quantitative estimate of drug-likeness (QED) is 0.438. The van der Waals surface area contributed by atoms with Crippen molar-refractivity contribution in [3.8, 4) is 11.1 Å². The van der Waals surface area contributed by atoms with Gasteiger partial charge in [-0.3, -0.25) is 9.20 Å². The maximum atomic E-state index is 13.0. The fourth-order valence-corrected chi connectivity index (χ4v) is 3.93. The predicted molar refractivity (Wildman–Crippen MR) is 103 cm³/mol. The number of hydrogen-bond donors (Lipinski definition) is 0. The Morgan fingerprint density at radius 2 is 2.15 bits per heavy atom. The van der Waals surface area contributed by atoms with Crippen LogP contribution in [0.5, 0.6) is 0 Å². The molecule has 0 atom stereocenters. The van der Waals surface area contributed by atoms with E-state index in [1.807, 2.05) is 48.8 Å². The molecular weight excluding hydrogens is 360 g/mol. The molecule has 0 aliphatic heterocycles. The first kappa shape index (κ1) is 15.9. The van der Waals surface area contributed by atoms with Gasteiger partial charge >= 0.3 is 0 Å². The van der Waals surface area contributed by atoms with Crippen LogP contribution in [0, 0.1) is 6.92 Å². The monoisotopic (exact) mass is 374 g/mol. The Kier molecular flexibility index (Phi) is 3.61. The van der Waals surface area contributed by atoms with Gasteiger partial charge < -0.3 is 4.42 Å². The number of hydrogen-bond acceptors (Lipinski definition) is 6. The molecular formula is C20H14N4O2S. The van der Waals surface area contributed by atoms with Crippen LogP contribution in [0.15, 0.2) is 58.9 Å². The lowest BCUT2D eigenvalue weighted by Crippen LogP contribution is -2.07. The highest BCUT2D eigenvalue weighted by atomic mass is 32.1. The van der Waals surface area contributed by atoms with E-state index in [2.05, 4.69) is 15.2 Å². The largest absolute Gasteiger partial charge is 0.464 e. The minimum absolute atomic E-state index is 0.0198. The summed E-state index contributed by atoms with van der Waals surface area (Å²) < 4.78 is 7.20. The third-order valence-corrected chi connectivity index (χ3v) is 5.42. The number of nitrogens with zero attached hydrogens (tertiary/aromatic N) is 4. The number of ketones is 1. The molecule has 0 aliphatic carbocycles. The summed E-state index contributed by atoms with van der Waals surface area (Å²) >= 11 is 1.50. The highest BCUT2D eigenvalue weighted by Crippen LogP contribution is 2.27. The maximum Gasteiger partial charge on any atom is 0.173 e. The van der Waals surface area contributed by atoms with Gasteiger partial charge in [0.25, 0.3) is 0 Å². The van der Waals surface area contributed by atoms with Gasteiger partial charge in [0.2, 0.25) is 0 Å². The number of furan rings is 1. The molecule has 0 bridgehead atoms. The van der Waals surface area contributed by atoms with Crippen molar-refractivity contribution >= 4 is 33.7 Å². The number of thiazole rings is 1. The average molecular weight is 374 g/mol. The van der Waals surface area contributed by atoms with E-state index < -0.39 is 0 Å². The van der Waals surface area contributed by atoms with Gasteiger partial charge in [0.1, 0.15) is 16.9 Å². The van der Waals surface area contributed by atoms with E-state index in [0.717, 1.165) is 32.8 Å². The summed E-state index contributed by atoms with van der Waals surface area (Å²) in [5.74, 6) is -0.0198. The third-order valence-electron chi connectivity index (χ3n) is 4.46. The number of aryl methyl sites for hydroxylation is 1. The van der Waals surface area contributed by atoms with Gasteiger partial charge in [0, 0.05) is 22.7 Å². The number of carbonyl (C=O) groups is 1. The molecule has 0 saturated heterocycles. The first-order valence-electron chi connectivity index (χ1n) is 8.42. The molecule has 0 aliphatic rings. The number of carbonyl (C=O) groups excluding carboxylic acids is 1. The standard InChI is InChI=1S/C20H14N4O2S/c1-12-10-27-19(22-12)8-17(25)16-7-15(9-24-11-21-23-20(16)24)13-2-3-18-14(6-13)4-5-26-18/h2-7,9-11H,8H2,1H3. The van der Waals surface area contributed by atoms with Crippen LogP contribution >= 0.6 is 11.3 Å². The van der Waals surface area contributed by atoms with Crippen LogP contribution in [0.3, 0.4) is 0 Å². The van der Waals surface area contributed by atoms with E-state index in [1.54, 1.807) is 17.0 Å². The molecule has 27 heavy (non-hydrogen) atoms. The van der Waals surface area contributed by atoms with Gasteiger partial charge in [-0.2, -0.15) is 0 Å². The van der Waals surface area contributed by atoms with E-state index >= 15 is 0 Å². The Hall–Kier alpha value is -3.32. The fourth-order valence-electron chi connectivity index (χ4n) is 3.16. The highest BCUT2D eigenvalue weighted by molar-refractivity contribution is 7.09. The van der Waals surface area contributed by atoms with Gasteiger partial charge in [-0.15, -0.1) is 21.5 Å². The molecule has 0 saturated carbocycles. The lowest BCUT2D eigenvalue weighted by molar-refractivity contribution is 0.0994. The van der Waals surface area contributed by atoms with Crippen LogP contribution in [0.1, 0.15) is 21.1 Å². The zero-order valence-corrected chi connectivity index (χ0v) is 15.2. The van der Waals surface area contributed by atoms with Crippen molar-refractivity contribution in [2.75, 3.05) is 0 Å². The molecule has 4 heterocycles. The van der Waals surface area contributed by atoms with Crippen LogP contribution in [-0.4, -0.2) is 25.4 Å². The topological polar surface area (TPSA) is 73.3 Å². The summed E-state index contributed by atoms with van der Waals surface area (Å²) in [6.07, 6.45) is 5.47. The first-order chi connectivity index (χ1) is 13.2. The summed E-state index contributed by atoms with van der Waals surface area (Å²) in [4.78, 5) is 17.4. The zero-order chi connectivity index (χ0) is 18.4. The number of Topliss-reactive ketones (excluding diaryl/α,β-unsaturated/α-hetero) is 1. The molecule has 0 N–H and O–H groups in total. The normalized spacial score (nSPS) is 11.4. The predicted octanol–water partition coefficient (Wildman–Crippen LogP) is 4.33. The lowest BCUT2D eigenvalue weighted by Gasteiger charge is -2.07. The summed E-state index contributed by atoms with van der Waals surface area (Å²) in [7, 11) is 0. The second-order valence-corrected chi connectivity index (χ2v) is 7.30. The van der Waals surface area contributed by atoms with Crippen LogP contribution in [0.2, 0.25) is 0 Å². The number of pyridine rings is 1. The van der Waals surface area contributed by atoms with Crippen molar-refractivity contribution in [1.29, 1.82) is 0 Å². The Bertz CT molecular complexity index is 1300. The van der Waals surface area contributed by atoms with Gasteiger partial charge in [-0.1, -0.05) is 6.07 Å². The molecule has 1 aromatic carbocycles. The molecule has 6 nitrogen and oxygen atoms in total. The molecule has 4 aromatic heterocycles. The van der Waals surface area contributed by atoms with Crippen molar-refractivity contribution < 1.29 is 9.21 Å². The van der Waals surface area contributed by atoms with E-state index in [0.29, 0.717) is 11.2 Å². The summed E-state index contributed by atoms with van der Waals surface area (Å²) in [5.41, 5.74) is 4.78. The number of benzene rings is 1. The minimum atomic E-state index is -0.0198. The van der Waals surface area contributed by atoms with Crippen molar-refractivity contribution in [3.63, 3.8) is 0 Å². The number of aromatic nitrogens is 4. The van der Waals surface area contributed by atoms with Crippen LogP contribution < -0.4 is 0 Å². The molecule has 0 unspecified atom stereocenters. The molecule has 5 rings (SSSR count). The van der Waals surface area contributed by atoms with E-state index in [9.17, 15) is 4.79 Å². The lowest BCUT2D eigenvalue weighted by atomic mass is 10.0. The van der Waals surface area contributed by atoms with Gasteiger partial charge in [0.15, 0.2) is 11.4 Å². The Balaban J connectivity index is 1.61. The number of rotatable bonds is 4. The fraction of sp³-hybridized carbons (Fsp3) is 0.100. The van der Waals surface area contributed by atoms with Crippen molar-refractivity contribution in [2.24, 2.45) is 0 Å². The molecule has 5 aromatic rings. The smallest absolute Gasteiger partial charge is 0.173 e. The average Bonchev–Trinajstić information content (AvgIpc) is 3.40. The second kappa shape index (κ2) is 6.14. The first-order valence-corrected chi connectivity index (χ1v) is 9.30. The second-order valence-electron chi connectivity index (χ2n) is 6.36. The molecule has 0 amide bonds. The maximum absolute atomic E-state index is 13.0.